The Hall–Kier alpha value is -0.960. The van der Waals surface area contributed by atoms with Gasteiger partial charge in [-0.05, 0) is 46.5 Å². The highest BCUT2D eigenvalue weighted by atomic mass is 35.5. The topological polar surface area (TPSA) is 33.5 Å². The van der Waals surface area contributed by atoms with Gasteiger partial charge in [-0.15, -0.1) is 11.6 Å². The van der Waals surface area contributed by atoms with Gasteiger partial charge in [-0.25, -0.2) is 0 Å². The molecule has 1 fully saturated rings. The van der Waals surface area contributed by atoms with Gasteiger partial charge in [0.1, 0.15) is 11.5 Å². The van der Waals surface area contributed by atoms with Crippen LogP contribution in [-0.4, -0.2) is 29.3 Å². The van der Waals surface area contributed by atoms with Gasteiger partial charge in [-0.3, -0.25) is 4.79 Å². The van der Waals surface area contributed by atoms with Crippen molar-refractivity contribution in [3.05, 3.63) is 22.6 Å². The van der Waals surface area contributed by atoms with Crippen LogP contribution in [0.1, 0.15) is 53.1 Å². The molecule has 1 unspecified atom stereocenters. The Labute approximate surface area is 119 Å². The zero-order valence-electron chi connectivity index (χ0n) is 12.0. The molecule has 1 aliphatic rings. The number of aryl methyl sites for hydroxylation is 2. The number of hydrogen-bond acceptors (Lipinski definition) is 2. The summed E-state index contributed by atoms with van der Waals surface area (Å²) in [5.41, 5.74) is 1.72. The lowest BCUT2D eigenvalue weighted by molar-refractivity contribution is 0.0607. The quantitative estimate of drug-likeness (QED) is 0.790. The molecule has 1 aromatic heterocycles. The van der Waals surface area contributed by atoms with E-state index in [2.05, 4.69) is 0 Å². The van der Waals surface area contributed by atoms with Crippen LogP contribution in [0.3, 0.4) is 0 Å². The number of rotatable bonds is 3. The zero-order valence-corrected chi connectivity index (χ0v) is 12.7. The second kappa shape index (κ2) is 6.00. The van der Waals surface area contributed by atoms with Crippen LogP contribution >= 0.6 is 11.6 Å². The number of nitrogens with zero attached hydrogens (tertiary/aromatic N) is 1. The molecule has 1 aliphatic heterocycles. The minimum absolute atomic E-state index is 0.113. The highest BCUT2D eigenvalue weighted by molar-refractivity contribution is 6.17. The van der Waals surface area contributed by atoms with Crippen molar-refractivity contribution in [3.63, 3.8) is 0 Å². The first-order chi connectivity index (χ1) is 9.06. The molecule has 0 bridgehead atoms. The Morgan fingerprint density at radius 2 is 2.05 bits per heavy atom. The Morgan fingerprint density at radius 1 is 1.32 bits per heavy atom. The summed E-state index contributed by atoms with van der Waals surface area (Å²) in [4.78, 5) is 14.8. The van der Waals surface area contributed by atoms with E-state index in [1.165, 1.54) is 6.42 Å². The van der Waals surface area contributed by atoms with Crippen molar-refractivity contribution >= 4 is 17.5 Å². The van der Waals surface area contributed by atoms with Gasteiger partial charge in [-0.2, -0.15) is 0 Å². The van der Waals surface area contributed by atoms with Gasteiger partial charge < -0.3 is 9.32 Å². The predicted octanol–water partition coefficient (Wildman–Crippen LogP) is 3.83. The summed E-state index contributed by atoms with van der Waals surface area (Å²) in [5, 5.41) is 0. The molecular weight excluding hydrogens is 262 g/mol. The summed E-state index contributed by atoms with van der Waals surface area (Å²) in [7, 11) is 0. The SMILES string of the molecule is Cc1oc(C)c(C(=O)N2CCCCC2CCCl)c1C. The molecule has 1 atom stereocenters. The van der Waals surface area contributed by atoms with Crippen LogP contribution in [0.2, 0.25) is 0 Å². The Kier molecular flexibility index (Phi) is 4.56. The number of carbonyl (C=O) groups excluding carboxylic acids is 1. The molecule has 4 heteroatoms. The summed E-state index contributed by atoms with van der Waals surface area (Å²) in [6.07, 6.45) is 4.21. The van der Waals surface area contributed by atoms with Crippen LogP contribution in [0.15, 0.2) is 4.42 Å². The van der Waals surface area contributed by atoms with Crippen LogP contribution in [0, 0.1) is 20.8 Å². The molecule has 0 aliphatic carbocycles. The van der Waals surface area contributed by atoms with Crippen LogP contribution < -0.4 is 0 Å². The van der Waals surface area contributed by atoms with Crippen LogP contribution in [0.4, 0.5) is 0 Å². The Balaban J connectivity index is 2.26. The fourth-order valence-electron chi connectivity index (χ4n) is 2.95. The zero-order chi connectivity index (χ0) is 14.0. The van der Waals surface area contributed by atoms with Gasteiger partial charge in [0.15, 0.2) is 0 Å². The fourth-order valence-corrected chi connectivity index (χ4v) is 3.20. The number of carbonyl (C=O) groups is 1. The summed E-state index contributed by atoms with van der Waals surface area (Å²) in [5.74, 6) is 2.29. The molecule has 1 aromatic rings. The van der Waals surface area contributed by atoms with Crippen LogP contribution in [-0.2, 0) is 0 Å². The largest absolute Gasteiger partial charge is 0.466 e. The Bertz CT molecular complexity index is 465. The van der Waals surface area contributed by atoms with Crippen LogP contribution in [0.25, 0.3) is 0 Å². The van der Waals surface area contributed by atoms with Crippen molar-refractivity contribution < 1.29 is 9.21 Å². The predicted molar refractivity (Wildman–Crippen MR) is 76.9 cm³/mol. The normalized spacial score (nSPS) is 19.8. The summed E-state index contributed by atoms with van der Waals surface area (Å²) < 4.78 is 5.58. The molecular formula is C15H22ClNO2. The van der Waals surface area contributed by atoms with E-state index in [1.807, 2.05) is 25.7 Å². The molecule has 106 valence electrons. The molecule has 0 saturated carbocycles. The molecule has 1 saturated heterocycles. The van der Waals surface area contributed by atoms with Crippen molar-refractivity contribution in [2.75, 3.05) is 12.4 Å². The number of halogens is 1. The maximum Gasteiger partial charge on any atom is 0.257 e. The number of piperidine rings is 1. The molecule has 1 amide bonds. The molecule has 3 nitrogen and oxygen atoms in total. The van der Waals surface area contributed by atoms with Gasteiger partial charge in [0, 0.05) is 24.0 Å². The lowest BCUT2D eigenvalue weighted by atomic mass is 9.98. The van der Waals surface area contributed by atoms with E-state index < -0.39 is 0 Å². The van der Waals surface area contributed by atoms with E-state index in [4.69, 9.17) is 16.0 Å². The molecule has 0 spiro atoms. The van der Waals surface area contributed by atoms with Gasteiger partial charge in [0.2, 0.25) is 0 Å². The lowest BCUT2D eigenvalue weighted by Crippen LogP contribution is -2.44. The average Bonchev–Trinajstić information content (AvgIpc) is 2.64. The highest BCUT2D eigenvalue weighted by Crippen LogP contribution is 2.27. The van der Waals surface area contributed by atoms with Crippen molar-refractivity contribution in [3.8, 4) is 0 Å². The molecule has 0 aromatic carbocycles. The van der Waals surface area contributed by atoms with E-state index in [0.717, 1.165) is 48.5 Å². The lowest BCUT2D eigenvalue weighted by Gasteiger charge is -2.35. The fraction of sp³-hybridized carbons (Fsp3) is 0.667. The smallest absolute Gasteiger partial charge is 0.257 e. The first-order valence-electron chi connectivity index (χ1n) is 6.99. The average molecular weight is 284 g/mol. The van der Waals surface area contributed by atoms with Crippen molar-refractivity contribution in [1.29, 1.82) is 0 Å². The van der Waals surface area contributed by atoms with Crippen molar-refractivity contribution in [2.45, 2.75) is 52.5 Å². The third-order valence-electron chi connectivity index (χ3n) is 4.11. The maximum absolute atomic E-state index is 12.8. The number of furan rings is 1. The summed E-state index contributed by atoms with van der Waals surface area (Å²) >= 11 is 5.86. The third-order valence-corrected chi connectivity index (χ3v) is 4.32. The number of amides is 1. The molecule has 19 heavy (non-hydrogen) atoms. The molecule has 2 rings (SSSR count). The standard InChI is InChI=1S/C15H22ClNO2/c1-10-11(2)19-12(3)14(10)15(18)17-9-5-4-6-13(17)7-8-16/h13H,4-9H2,1-3H3. The van der Waals surface area contributed by atoms with E-state index in [1.54, 1.807) is 0 Å². The maximum atomic E-state index is 12.8. The van der Waals surface area contributed by atoms with Gasteiger partial charge in [-0.1, -0.05) is 0 Å². The minimum atomic E-state index is 0.113. The molecule has 0 N–H and O–H groups in total. The Morgan fingerprint density at radius 3 is 2.63 bits per heavy atom. The van der Waals surface area contributed by atoms with Gasteiger partial charge >= 0.3 is 0 Å². The second-order valence-electron chi connectivity index (χ2n) is 5.34. The van der Waals surface area contributed by atoms with E-state index >= 15 is 0 Å². The van der Waals surface area contributed by atoms with Crippen LogP contribution in [0.5, 0.6) is 0 Å². The first-order valence-corrected chi connectivity index (χ1v) is 7.53. The second-order valence-corrected chi connectivity index (χ2v) is 5.72. The van der Waals surface area contributed by atoms with E-state index in [-0.39, 0.29) is 11.9 Å². The monoisotopic (exact) mass is 283 g/mol. The number of likely N-dealkylation sites (tertiary alicyclic amines) is 1. The minimum Gasteiger partial charge on any atom is -0.466 e. The van der Waals surface area contributed by atoms with Crippen molar-refractivity contribution in [1.82, 2.24) is 4.90 Å². The molecule has 0 radical (unpaired) electrons. The first kappa shape index (κ1) is 14.4. The van der Waals surface area contributed by atoms with Crippen molar-refractivity contribution in [2.24, 2.45) is 0 Å². The third kappa shape index (κ3) is 2.81. The number of alkyl halides is 1. The van der Waals surface area contributed by atoms with Gasteiger partial charge in [0.25, 0.3) is 5.91 Å². The number of hydrogen-bond donors (Lipinski definition) is 0. The summed E-state index contributed by atoms with van der Waals surface area (Å²) in [6, 6.07) is 0.285. The molecule has 2 heterocycles. The van der Waals surface area contributed by atoms with E-state index in [0.29, 0.717) is 5.88 Å². The van der Waals surface area contributed by atoms with E-state index in [9.17, 15) is 4.79 Å². The summed E-state index contributed by atoms with van der Waals surface area (Å²) in [6.45, 7) is 6.57. The highest BCUT2D eigenvalue weighted by Gasteiger charge is 2.30. The van der Waals surface area contributed by atoms with Gasteiger partial charge in [0.05, 0.1) is 5.56 Å².